The maximum atomic E-state index is 13.4. The molecule has 3 aliphatic heterocycles. The second-order valence-electron chi connectivity index (χ2n) is 10.5. The standard InChI is InChI=1S/C26H28N4O5S.C2H6/c1-36(34,35)30-16-25(20-4-2-3-5-21(20)30)10-12-29(13-11-25)22(31)18-6-7-19-15-26(9-8-17(19)14-18)23(32)27-24(33)28-26;1-2/h2-7,14H,8-13,15-16H2,1H3,(H2,27,28,32,33);1-2H3. The van der Waals surface area contributed by atoms with Gasteiger partial charge in [0.2, 0.25) is 10.0 Å². The van der Waals surface area contributed by atoms with Crippen LogP contribution in [0, 0.1) is 0 Å². The molecule has 1 atom stereocenters. The molecule has 1 aliphatic carbocycles. The normalized spacial score (nSPS) is 23.3. The zero-order valence-corrected chi connectivity index (χ0v) is 22.9. The van der Waals surface area contributed by atoms with E-state index in [4.69, 9.17) is 0 Å². The molecule has 0 saturated carbocycles. The zero-order valence-electron chi connectivity index (χ0n) is 22.0. The number of carbonyl (C=O) groups is 3. The van der Waals surface area contributed by atoms with Crippen LogP contribution in [0.3, 0.4) is 0 Å². The monoisotopic (exact) mass is 538 g/mol. The highest BCUT2D eigenvalue weighted by Gasteiger charge is 2.49. The summed E-state index contributed by atoms with van der Waals surface area (Å²) in [6.45, 7) is 5.52. The van der Waals surface area contributed by atoms with Gasteiger partial charge in [-0.2, -0.15) is 0 Å². The van der Waals surface area contributed by atoms with Crippen LogP contribution in [-0.2, 0) is 33.1 Å². The van der Waals surface area contributed by atoms with E-state index in [0.717, 1.165) is 22.4 Å². The first-order valence-corrected chi connectivity index (χ1v) is 15.1. The number of aryl methyl sites for hydroxylation is 1. The van der Waals surface area contributed by atoms with Crippen molar-refractivity contribution in [1.29, 1.82) is 0 Å². The molecule has 4 aliphatic rings. The summed E-state index contributed by atoms with van der Waals surface area (Å²) in [6.07, 6.45) is 4.15. The Hall–Kier alpha value is -3.40. The molecule has 202 valence electrons. The first kappa shape index (κ1) is 26.2. The number of sulfonamides is 1. The molecule has 0 bridgehead atoms. The molecule has 10 heteroatoms. The minimum absolute atomic E-state index is 0.0360. The molecular formula is C28H34N4O5S. The van der Waals surface area contributed by atoms with Gasteiger partial charge in [0, 0.05) is 37.0 Å². The topological polar surface area (TPSA) is 116 Å². The molecule has 2 aromatic carbocycles. The fraction of sp³-hybridized carbons (Fsp3) is 0.464. The second kappa shape index (κ2) is 9.41. The maximum Gasteiger partial charge on any atom is 0.322 e. The van der Waals surface area contributed by atoms with Crippen molar-refractivity contribution in [3.8, 4) is 0 Å². The number of hydrogen-bond donors (Lipinski definition) is 2. The Balaban J connectivity index is 0.00000144. The highest BCUT2D eigenvalue weighted by Crippen LogP contribution is 2.48. The number of nitrogens with zero attached hydrogens (tertiary/aromatic N) is 2. The molecule has 3 heterocycles. The van der Waals surface area contributed by atoms with E-state index in [1.54, 1.807) is 6.07 Å². The Morgan fingerprint density at radius 3 is 2.34 bits per heavy atom. The van der Waals surface area contributed by atoms with Crippen LogP contribution in [0.2, 0.25) is 0 Å². The van der Waals surface area contributed by atoms with E-state index in [-0.39, 0.29) is 17.2 Å². The van der Waals surface area contributed by atoms with E-state index in [1.807, 2.05) is 55.1 Å². The Morgan fingerprint density at radius 2 is 1.68 bits per heavy atom. The second-order valence-corrected chi connectivity index (χ2v) is 12.4. The largest absolute Gasteiger partial charge is 0.339 e. The number of carbonyl (C=O) groups excluding carboxylic acids is 3. The van der Waals surface area contributed by atoms with Crippen molar-refractivity contribution in [2.24, 2.45) is 0 Å². The highest BCUT2D eigenvalue weighted by atomic mass is 32.2. The lowest BCUT2D eigenvalue weighted by atomic mass is 9.74. The molecule has 1 unspecified atom stereocenters. The lowest BCUT2D eigenvalue weighted by Crippen LogP contribution is -2.51. The van der Waals surface area contributed by atoms with Crippen molar-refractivity contribution in [2.45, 2.75) is 56.9 Å². The Bertz CT molecular complexity index is 1410. The average molecular weight is 539 g/mol. The number of hydrogen-bond acceptors (Lipinski definition) is 5. The summed E-state index contributed by atoms with van der Waals surface area (Å²) in [5.74, 6) is -0.324. The van der Waals surface area contributed by atoms with E-state index in [2.05, 4.69) is 10.6 Å². The summed E-state index contributed by atoms with van der Waals surface area (Å²) in [6, 6.07) is 12.8. The number of benzene rings is 2. The predicted molar refractivity (Wildman–Crippen MR) is 145 cm³/mol. The van der Waals surface area contributed by atoms with Gasteiger partial charge in [-0.1, -0.05) is 38.1 Å². The van der Waals surface area contributed by atoms with Crippen molar-refractivity contribution in [3.05, 3.63) is 64.7 Å². The third-order valence-electron chi connectivity index (χ3n) is 8.38. The lowest BCUT2D eigenvalue weighted by molar-refractivity contribution is -0.124. The molecule has 2 fully saturated rings. The number of rotatable bonds is 2. The van der Waals surface area contributed by atoms with E-state index in [0.29, 0.717) is 57.3 Å². The van der Waals surface area contributed by atoms with Crippen molar-refractivity contribution in [1.82, 2.24) is 15.5 Å². The molecule has 2 saturated heterocycles. The quantitative estimate of drug-likeness (QED) is 0.571. The van der Waals surface area contributed by atoms with Crippen LogP contribution in [0.1, 0.15) is 60.2 Å². The van der Waals surface area contributed by atoms with Gasteiger partial charge in [0.25, 0.3) is 11.8 Å². The van der Waals surface area contributed by atoms with E-state index >= 15 is 0 Å². The summed E-state index contributed by atoms with van der Waals surface area (Å²) in [4.78, 5) is 39.2. The van der Waals surface area contributed by atoms with Gasteiger partial charge in [-0.25, -0.2) is 13.2 Å². The number of piperidine rings is 1. The molecule has 38 heavy (non-hydrogen) atoms. The molecular weight excluding hydrogens is 504 g/mol. The van der Waals surface area contributed by atoms with Gasteiger partial charge in [0.05, 0.1) is 11.9 Å². The number of likely N-dealkylation sites (tertiary alicyclic amines) is 1. The van der Waals surface area contributed by atoms with Gasteiger partial charge in [0.15, 0.2) is 0 Å². The predicted octanol–water partition coefficient (Wildman–Crippen LogP) is 2.73. The average Bonchev–Trinajstić information content (AvgIpc) is 3.38. The van der Waals surface area contributed by atoms with E-state index in [1.165, 1.54) is 10.6 Å². The minimum atomic E-state index is -3.38. The summed E-state index contributed by atoms with van der Waals surface area (Å²) in [5.41, 5.74) is 3.23. The van der Waals surface area contributed by atoms with Crippen LogP contribution in [0.25, 0.3) is 0 Å². The Kier molecular flexibility index (Phi) is 6.49. The molecule has 2 aromatic rings. The summed E-state index contributed by atoms with van der Waals surface area (Å²) >= 11 is 0. The van der Waals surface area contributed by atoms with E-state index < -0.39 is 21.6 Å². The van der Waals surface area contributed by atoms with Crippen LogP contribution in [-0.4, -0.2) is 62.6 Å². The third-order valence-corrected chi connectivity index (χ3v) is 9.51. The van der Waals surface area contributed by atoms with Crippen LogP contribution in [0.15, 0.2) is 42.5 Å². The fourth-order valence-corrected chi connectivity index (χ4v) is 7.38. The molecule has 6 rings (SSSR count). The van der Waals surface area contributed by atoms with Crippen LogP contribution in [0.5, 0.6) is 0 Å². The molecule has 0 radical (unpaired) electrons. The van der Waals surface area contributed by atoms with Gasteiger partial charge in [-0.3, -0.25) is 19.2 Å². The molecule has 9 nitrogen and oxygen atoms in total. The smallest absolute Gasteiger partial charge is 0.322 e. The van der Waals surface area contributed by atoms with Gasteiger partial charge in [0.1, 0.15) is 5.54 Å². The van der Waals surface area contributed by atoms with E-state index in [9.17, 15) is 22.8 Å². The maximum absolute atomic E-state index is 13.4. The zero-order chi connectivity index (χ0) is 27.3. The van der Waals surface area contributed by atoms with Gasteiger partial charge < -0.3 is 10.2 Å². The number of nitrogens with one attached hydrogen (secondary N) is 2. The van der Waals surface area contributed by atoms with Crippen molar-refractivity contribution >= 4 is 33.6 Å². The minimum Gasteiger partial charge on any atom is -0.339 e. The van der Waals surface area contributed by atoms with Crippen molar-refractivity contribution in [3.63, 3.8) is 0 Å². The number of amides is 4. The van der Waals surface area contributed by atoms with Crippen molar-refractivity contribution in [2.75, 3.05) is 30.2 Å². The lowest BCUT2D eigenvalue weighted by Gasteiger charge is -2.40. The first-order valence-electron chi connectivity index (χ1n) is 13.2. The van der Waals surface area contributed by atoms with Crippen LogP contribution in [0.4, 0.5) is 10.5 Å². The third kappa shape index (κ3) is 4.24. The van der Waals surface area contributed by atoms with Crippen molar-refractivity contribution < 1.29 is 22.8 Å². The number of anilines is 1. The molecule has 2 N–H and O–H groups in total. The Labute approximate surface area is 223 Å². The number of para-hydroxylation sites is 1. The Morgan fingerprint density at radius 1 is 0.974 bits per heavy atom. The number of imide groups is 1. The van der Waals surface area contributed by atoms with Crippen LogP contribution >= 0.6 is 0 Å². The summed E-state index contributed by atoms with van der Waals surface area (Å²) < 4.78 is 26.4. The molecule has 4 amide bonds. The van der Waals surface area contributed by atoms with Gasteiger partial charge in [-0.05, 0) is 60.6 Å². The first-order chi connectivity index (χ1) is 18.1. The highest BCUT2D eigenvalue weighted by molar-refractivity contribution is 7.92. The van der Waals surface area contributed by atoms with Crippen LogP contribution < -0.4 is 14.9 Å². The number of fused-ring (bicyclic) bond motifs is 3. The number of urea groups is 1. The van der Waals surface area contributed by atoms with Gasteiger partial charge in [-0.15, -0.1) is 0 Å². The molecule has 2 spiro atoms. The SMILES string of the molecule is CC.CS(=O)(=O)N1CC2(CCN(C(=O)c3ccc4c(c3)CCC3(C4)NC(=O)NC3=O)CC2)c2ccccc21. The summed E-state index contributed by atoms with van der Waals surface area (Å²) in [7, 11) is -3.38. The molecule has 0 aromatic heterocycles. The van der Waals surface area contributed by atoms with Gasteiger partial charge >= 0.3 is 6.03 Å². The fourth-order valence-electron chi connectivity index (χ4n) is 6.38. The summed E-state index contributed by atoms with van der Waals surface area (Å²) in [5, 5.41) is 5.11.